The quantitative estimate of drug-likeness (QED) is 0.743. The Labute approximate surface area is 148 Å². The Kier molecular flexibility index (Phi) is 6.82. The number of hydrogen-bond donors (Lipinski definition) is 1. The van der Waals surface area contributed by atoms with Crippen LogP contribution in [0.1, 0.15) is 40.7 Å². The molecule has 0 bridgehead atoms. The molecule has 2 aromatic rings. The van der Waals surface area contributed by atoms with Crippen molar-refractivity contribution in [3.8, 4) is 0 Å². The largest absolute Gasteiger partial charge is 0.382 e. The molecule has 24 heavy (non-hydrogen) atoms. The molecule has 5 nitrogen and oxygen atoms in total. The fraction of sp³-hybridized carbons (Fsp3) is 0.444. The van der Waals surface area contributed by atoms with E-state index < -0.39 is 0 Å². The summed E-state index contributed by atoms with van der Waals surface area (Å²) in [5.74, 6) is -0.0697. The molecule has 0 aliphatic heterocycles. The first-order valence-corrected chi connectivity index (χ1v) is 8.55. The molecular weight excluding hydrogens is 326 g/mol. The molecule has 1 aromatic heterocycles. The normalized spacial score (nSPS) is 10.8. The number of nitrogens with zero attached hydrogens (tertiary/aromatic N) is 2. The van der Waals surface area contributed by atoms with Gasteiger partial charge in [0.05, 0.1) is 23.0 Å². The summed E-state index contributed by atoms with van der Waals surface area (Å²) < 4.78 is 7.12. The van der Waals surface area contributed by atoms with Gasteiger partial charge < -0.3 is 10.1 Å². The van der Waals surface area contributed by atoms with Crippen molar-refractivity contribution in [3.63, 3.8) is 0 Å². The monoisotopic (exact) mass is 349 g/mol. The number of aromatic nitrogens is 2. The molecule has 6 heteroatoms. The highest BCUT2D eigenvalue weighted by atomic mass is 35.5. The van der Waals surface area contributed by atoms with E-state index in [1.807, 2.05) is 49.7 Å². The number of ether oxygens (including phenoxy) is 1. The zero-order chi connectivity index (χ0) is 17.5. The smallest absolute Gasteiger partial charge is 0.251 e. The lowest BCUT2D eigenvalue weighted by atomic mass is 10.1. The maximum atomic E-state index is 12.2. The van der Waals surface area contributed by atoms with Crippen LogP contribution in [0.3, 0.4) is 0 Å². The minimum atomic E-state index is -0.0697. The van der Waals surface area contributed by atoms with E-state index in [2.05, 4.69) is 10.4 Å². The van der Waals surface area contributed by atoms with Gasteiger partial charge in [0.1, 0.15) is 0 Å². The molecule has 0 atom stereocenters. The predicted octanol–water partition coefficient (Wildman–Crippen LogP) is 3.36. The lowest BCUT2D eigenvalue weighted by Crippen LogP contribution is -2.25. The SMILES string of the molecule is CCOCCCNC(=O)c1cccc(Cn2nc(C)c(Cl)c2C)c1. The molecule has 0 spiro atoms. The van der Waals surface area contributed by atoms with Gasteiger partial charge in [-0.15, -0.1) is 0 Å². The molecule has 0 saturated heterocycles. The number of hydrogen-bond acceptors (Lipinski definition) is 3. The summed E-state index contributed by atoms with van der Waals surface area (Å²) >= 11 is 6.18. The number of amides is 1. The summed E-state index contributed by atoms with van der Waals surface area (Å²) in [7, 11) is 0. The van der Waals surface area contributed by atoms with Crippen LogP contribution in [0.2, 0.25) is 5.02 Å². The van der Waals surface area contributed by atoms with Gasteiger partial charge in [-0.3, -0.25) is 9.48 Å². The van der Waals surface area contributed by atoms with Crippen molar-refractivity contribution in [2.75, 3.05) is 19.8 Å². The van der Waals surface area contributed by atoms with Gasteiger partial charge in [-0.2, -0.15) is 5.10 Å². The van der Waals surface area contributed by atoms with Crippen LogP contribution < -0.4 is 5.32 Å². The van der Waals surface area contributed by atoms with Crippen LogP contribution in [0.5, 0.6) is 0 Å². The van der Waals surface area contributed by atoms with E-state index in [0.717, 1.165) is 23.4 Å². The predicted molar refractivity (Wildman–Crippen MR) is 95.7 cm³/mol. The Morgan fingerprint density at radius 1 is 1.38 bits per heavy atom. The first kappa shape index (κ1) is 18.5. The van der Waals surface area contributed by atoms with Gasteiger partial charge in [0, 0.05) is 25.3 Å². The minimum absolute atomic E-state index is 0.0697. The Bertz CT molecular complexity index is 698. The van der Waals surface area contributed by atoms with Gasteiger partial charge in [0.25, 0.3) is 5.91 Å². The number of halogens is 1. The molecule has 130 valence electrons. The van der Waals surface area contributed by atoms with Crippen LogP contribution in [0.15, 0.2) is 24.3 Å². The van der Waals surface area contributed by atoms with E-state index in [1.165, 1.54) is 0 Å². The second-order valence-electron chi connectivity index (χ2n) is 5.65. The maximum absolute atomic E-state index is 12.2. The first-order chi connectivity index (χ1) is 11.5. The van der Waals surface area contributed by atoms with Crippen molar-refractivity contribution < 1.29 is 9.53 Å². The number of carbonyl (C=O) groups is 1. The van der Waals surface area contributed by atoms with Gasteiger partial charge in [0.2, 0.25) is 0 Å². The first-order valence-electron chi connectivity index (χ1n) is 8.17. The molecule has 1 aromatic carbocycles. The van der Waals surface area contributed by atoms with E-state index in [1.54, 1.807) is 0 Å². The van der Waals surface area contributed by atoms with Crippen molar-refractivity contribution in [3.05, 3.63) is 51.8 Å². The fourth-order valence-electron chi connectivity index (χ4n) is 2.44. The maximum Gasteiger partial charge on any atom is 0.251 e. The third kappa shape index (κ3) is 4.82. The zero-order valence-electron chi connectivity index (χ0n) is 14.4. The average Bonchev–Trinajstić information content (AvgIpc) is 2.82. The highest BCUT2D eigenvalue weighted by Gasteiger charge is 2.11. The lowest BCUT2D eigenvalue weighted by Gasteiger charge is -2.08. The second kappa shape index (κ2) is 8.85. The number of benzene rings is 1. The van der Waals surface area contributed by atoms with Gasteiger partial charge in [-0.25, -0.2) is 0 Å². The molecule has 0 saturated carbocycles. The molecule has 0 aliphatic carbocycles. The molecule has 1 amide bonds. The molecule has 2 rings (SSSR count). The van der Waals surface area contributed by atoms with Crippen molar-refractivity contribution in [2.24, 2.45) is 0 Å². The molecule has 0 radical (unpaired) electrons. The van der Waals surface area contributed by atoms with E-state index in [0.29, 0.717) is 36.9 Å². The topological polar surface area (TPSA) is 56.1 Å². The van der Waals surface area contributed by atoms with Gasteiger partial charge in [-0.05, 0) is 44.9 Å². The fourth-order valence-corrected chi connectivity index (χ4v) is 2.57. The van der Waals surface area contributed by atoms with Crippen molar-refractivity contribution in [1.82, 2.24) is 15.1 Å². The van der Waals surface area contributed by atoms with Crippen LogP contribution >= 0.6 is 11.6 Å². The third-order valence-electron chi connectivity index (χ3n) is 3.77. The Balaban J connectivity index is 1.98. The summed E-state index contributed by atoms with van der Waals surface area (Å²) in [6.45, 7) is 8.35. The summed E-state index contributed by atoms with van der Waals surface area (Å²) in [6, 6.07) is 7.58. The third-order valence-corrected chi connectivity index (χ3v) is 4.32. The molecule has 0 fully saturated rings. The highest BCUT2D eigenvalue weighted by molar-refractivity contribution is 6.31. The zero-order valence-corrected chi connectivity index (χ0v) is 15.2. The minimum Gasteiger partial charge on any atom is -0.382 e. The highest BCUT2D eigenvalue weighted by Crippen LogP contribution is 2.20. The Hall–Kier alpha value is -1.85. The van der Waals surface area contributed by atoms with Crippen molar-refractivity contribution >= 4 is 17.5 Å². The Morgan fingerprint density at radius 2 is 2.17 bits per heavy atom. The molecular formula is C18H24ClN3O2. The number of rotatable bonds is 8. The Morgan fingerprint density at radius 3 is 2.83 bits per heavy atom. The summed E-state index contributed by atoms with van der Waals surface area (Å²) in [5.41, 5.74) is 3.41. The standard InChI is InChI=1S/C18H24ClN3O2/c1-4-24-10-6-9-20-18(23)16-8-5-7-15(11-16)12-22-14(3)17(19)13(2)21-22/h5,7-8,11H,4,6,9-10,12H2,1-3H3,(H,20,23). The summed E-state index contributed by atoms with van der Waals surface area (Å²) in [6.07, 6.45) is 0.809. The molecule has 0 unspecified atom stereocenters. The average molecular weight is 350 g/mol. The summed E-state index contributed by atoms with van der Waals surface area (Å²) in [4.78, 5) is 12.2. The number of carbonyl (C=O) groups excluding carboxylic acids is 1. The second-order valence-corrected chi connectivity index (χ2v) is 6.03. The van der Waals surface area contributed by atoms with E-state index in [4.69, 9.17) is 16.3 Å². The van der Waals surface area contributed by atoms with E-state index in [9.17, 15) is 4.79 Å². The number of aryl methyl sites for hydroxylation is 1. The van der Waals surface area contributed by atoms with Gasteiger partial charge in [0.15, 0.2) is 0 Å². The number of nitrogens with one attached hydrogen (secondary N) is 1. The van der Waals surface area contributed by atoms with E-state index in [-0.39, 0.29) is 5.91 Å². The van der Waals surface area contributed by atoms with Crippen molar-refractivity contribution in [1.29, 1.82) is 0 Å². The van der Waals surface area contributed by atoms with Crippen LogP contribution in [-0.2, 0) is 11.3 Å². The van der Waals surface area contributed by atoms with Gasteiger partial charge in [-0.1, -0.05) is 23.7 Å². The van der Waals surface area contributed by atoms with Gasteiger partial charge >= 0.3 is 0 Å². The van der Waals surface area contributed by atoms with Crippen LogP contribution in [0, 0.1) is 13.8 Å². The molecule has 1 heterocycles. The van der Waals surface area contributed by atoms with E-state index >= 15 is 0 Å². The summed E-state index contributed by atoms with van der Waals surface area (Å²) in [5, 5.41) is 8.03. The van der Waals surface area contributed by atoms with Crippen LogP contribution in [-0.4, -0.2) is 35.4 Å². The lowest BCUT2D eigenvalue weighted by molar-refractivity contribution is 0.0944. The van der Waals surface area contributed by atoms with Crippen LogP contribution in [0.25, 0.3) is 0 Å². The van der Waals surface area contributed by atoms with Crippen LogP contribution in [0.4, 0.5) is 0 Å². The molecule has 0 aliphatic rings. The van der Waals surface area contributed by atoms with Crippen molar-refractivity contribution in [2.45, 2.75) is 33.7 Å². The molecule has 1 N–H and O–H groups in total.